The van der Waals surface area contributed by atoms with E-state index in [1.165, 1.54) is 0 Å². The van der Waals surface area contributed by atoms with Gasteiger partial charge in [0.25, 0.3) is 0 Å². The van der Waals surface area contributed by atoms with Crippen molar-refractivity contribution < 1.29 is 9.84 Å². The molecule has 1 saturated carbocycles. The zero-order valence-electron chi connectivity index (χ0n) is 10.7. The van der Waals surface area contributed by atoms with Crippen molar-refractivity contribution in [3.63, 3.8) is 0 Å². The van der Waals surface area contributed by atoms with Crippen molar-refractivity contribution in [1.29, 1.82) is 0 Å². The molecule has 17 heavy (non-hydrogen) atoms. The van der Waals surface area contributed by atoms with Crippen LogP contribution in [-0.4, -0.2) is 26.9 Å². The second-order valence-electron chi connectivity index (χ2n) is 4.68. The second kappa shape index (κ2) is 5.19. The van der Waals surface area contributed by atoms with Gasteiger partial charge in [-0.2, -0.15) is 0 Å². The molecule has 1 fully saturated rings. The molecule has 96 valence electrons. The standard InChI is InChI=1S/C13H22N2O2/c1-3-15-10-9-14-12(15)11(16)13(17-4-2)7-5-6-8-13/h9-11,16H,3-8H2,1-2H3. The predicted octanol–water partition coefficient (Wildman–Crippen LogP) is 2.29. The van der Waals surface area contributed by atoms with Gasteiger partial charge in [0.1, 0.15) is 17.5 Å². The Morgan fingerprint density at radius 2 is 2.18 bits per heavy atom. The highest BCUT2D eigenvalue weighted by atomic mass is 16.5. The van der Waals surface area contributed by atoms with E-state index in [0.29, 0.717) is 6.61 Å². The van der Waals surface area contributed by atoms with Gasteiger partial charge in [-0.1, -0.05) is 12.8 Å². The first-order valence-electron chi connectivity index (χ1n) is 6.56. The lowest BCUT2D eigenvalue weighted by Crippen LogP contribution is -2.38. The highest BCUT2D eigenvalue weighted by Crippen LogP contribution is 2.42. The molecule has 0 aromatic carbocycles. The third kappa shape index (κ3) is 2.24. The molecular formula is C13H22N2O2. The molecule has 1 aromatic rings. The average Bonchev–Trinajstić information content (AvgIpc) is 2.97. The fourth-order valence-corrected chi connectivity index (χ4v) is 2.83. The summed E-state index contributed by atoms with van der Waals surface area (Å²) in [6, 6.07) is 0. The molecule has 0 amide bonds. The van der Waals surface area contributed by atoms with E-state index in [1.807, 2.05) is 17.7 Å². The Bertz CT molecular complexity index is 356. The summed E-state index contributed by atoms with van der Waals surface area (Å²) in [4.78, 5) is 4.29. The number of aliphatic hydroxyl groups excluding tert-OH is 1. The van der Waals surface area contributed by atoms with E-state index in [1.54, 1.807) is 6.20 Å². The van der Waals surface area contributed by atoms with Crippen molar-refractivity contribution >= 4 is 0 Å². The van der Waals surface area contributed by atoms with Gasteiger partial charge >= 0.3 is 0 Å². The van der Waals surface area contributed by atoms with Crippen LogP contribution in [-0.2, 0) is 11.3 Å². The Hall–Kier alpha value is -0.870. The first-order valence-corrected chi connectivity index (χ1v) is 6.56. The topological polar surface area (TPSA) is 47.3 Å². The van der Waals surface area contributed by atoms with Gasteiger partial charge in [0, 0.05) is 25.5 Å². The van der Waals surface area contributed by atoms with E-state index in [4.69, 9.17) is 4.74 Å². The summed E-state index contributed by atoms with van der Waals surface area (Å²) in [5, 5.41) is 10.6. The maximum Gasteiger partial charge on any atom is 0.141 e. The van der Waals surface area contributed by atoms with Crippen molar-refractivity contribution in [2.45, 2.75) is 57.8 Å². The van der Waals surface area contributed by atoms with Crippen molar-refractivity contribution in [3.8, 4) is 0 Å². The van der Waals surface area contributed by atoms with Gasteiger partial charge in [-0.3, -0.25) is 0 Å². The summed E-state index contributed by atoms with van der Waals surface area (Å²) in [5.74, 6) is 0.739. The van der Waals surface area contributed by atoms with Gasteiger partial charge in [-0.25, -0.2) is 4.98 Å². The molecule has 0 spiro atoms. The fourth-order valence-electron chi connectivity index (χ4n) is 2.83. The van der Waals surface area contributed by atoms with Crippen LogP contribution in [0.15, 0.2) is 12.4 Å². The average molecular weight is 238 g/mol. The number of aliphatic hydroxyl groups is 1. The fraction of sp³-hybridized carbons (Fsp3) is 0.769. The molecule has 1 heterocycles. The molecule has 1 atom stereocenters. The van der Waals surface area contributed by atoms with Gasteiger partial charge < -0.3 is 14.4 Å². The minimum absolute atomic E-state index is 0.410. The van der Waals surface area contributed by atoms with Gasteiger partial charge in [0.15, 0.2) is 0 Å². The number of nitrogens with zero attached hydrogens (tertiary/aromatic N) is 2. The lowest BCUT2D eigenvalue weighted by Gasteiger charge is -2.33. The Kier molecular flexibility index (Phi) is 3.84. The van der Waals surface area contributed by atoms with Gasteiger partial charge in [-0.05, 0) is 26.7 Å². The minimum Gasteiger partial charge on any atom is -0.382 e. The Balaban J connectivity index is 2.24. The first kappa shape index (κ1) is 12.6. The van der Waals surface area contributed by atoms with Crippen LogP contribution in [0.4, 0.5) is 0 Å². The van der Waals surface area contributed by atoms with Crippen LogP contribution in [0, 0.1) is 0 Å². The number of ether oxygens (including phenoxy) is 1. The maximum atomic E-state index is 10.6. The molecule has 1 aromatic heterocycles. The number of rotatable bonds is 5. The maximum absolute atomic E-state index is 10.6. The van der Waals surface area contributed by atoms with Gasteiger partial charge in [-0.15, -0.1) is 0 Å². The molecule has 0 aliphatic heterocycles. The normalized spacial score (nSPS) is 20.6. The summed E-state index contributed by atoms with van der Waals surface area (Å²) < 4.78 is 7.86. The summed E-state index contributed by atoms with van der Waals surface area (Å²) in [7, 11) is 0. The highest BCUT2D eigenvalue weighted by molar-refractivity contribution is 5.06. The van der Waals surface area contributed by atoms with E-state index in [0.717, 1.165) is 38.1 Å². The predicted molar refractivity (Wildman–Crippen MR) is 65.7 cm³/mol. The zero-order chi connectivity index (χ0) is 12.3. The third-order valence-corrected chi connectivity index (χ3v) is 3.71. The Morgan fingerprint density at radius 1 is 1.47 bits per heavy atom. The molecular weight excluding hydrogens is 216 g/mol. The van der Waals surface area contributed by atoms with E-state index in [-0.39, 0.29) is 0 Å². The molecule has 1 aliphatic carbocycles. The van der Waals surface area contributed by atoms with Crippen molar-refractivity contribution in [2.24, 2.45) is 0 Å². The van der Waals surface area contributed by atoms with Crippen LogP contribution < -0.4 is 0 Å². The molecule has 0 radical (unpaired) electrons. The smallest absolute Gasteiger partial charge is 0.141 e. The minimum atomic E-state index is -0.611. The van der Waals surface area contributed by atoms with E-state index in [2.05, 4.69) is 11.9 Å². The number of imidazole rings is 1. The van der Waals surface area contributed by atoms with Crippen LogP contribution in [0.2, 0.25) is 0 Å². The zero-order valence-corrected chi connectivity index (χ0v) is 10.7. The summed E-state index contributed by atoms with van der Waals surface area (Å²) >= 11 is 0. The molecule has 0 saturated heterocycles. The number of aromatic nitrogens is 2. The highest BCUT2D eigenvalue weighted by Gasteiger charge is 2.43. The Morgan fingerprint density at radius 3 is 2.76 bits per heavy atom. The number of hydrogen-bond acceptors (Lipinski definition) is 3. The monoisotopic (exact) mass is 238 g/mol. The second-order valence-corrected chi connectivity index (χ2v) is 4.68. The van der Waals surface area contributed by atoms with Crippen LogP contribution in [0.1, 0.15) is 51.5 Å². The summed E-state index contributed by atoms with van der Waals surface area (Å²) in [5.41, 5.74) is -0.410. The van der Waals surface area contributed by atoms with Crippen molar-refractivity contribution in [1.82, 2.24) is 9.55 Å². The van der Waals surface area contributed by atoms with Crippen LogP contribution in [0.3, 0.4) is 0 Å². The molecule has 2 rings (SSSR count). The summed E-state index contributed by atoms with van der Waals surface area (Å²) in [6.07, 6.45) is 7.16. The lowest BCUT2D eigenvalue weighted by atomic mass is 9.93. The van der Waals surface area contributed by atoms with E-state index >= 15 is 0 Å². The number of hydrogen-bond donors (Lipinski definition) is 1. The molecule has 4 nitrogen and oxygen atoms in total. The molecule has 0 bridgehead atoms. The Labute approximate surface area is 103 Å². The first-order chi connectivity index (χ1) is 8.23. The van der Waals surface area contributed by atoms with E-state index < -0.39 is 11.7 Å². The SMILES string of the molecule is CCOC1(C(O)c2nccn2CC)CCCC1. The van der Waals surface area contributed by atoms with Crippen molar-refractivity contribution in [2.75, 3.05) is 6.61 Å². The molecule has 1 aliphatic rings. The van der Waals surface area contributed by atoms with E-state index in [9.17, 15) is 5.11 Å². The quantitative estimate of drug-likeness (QED) is 0.856. The van der Waals surface area contributed by atoms with Crippen LogP contribution in [0.25, 0.3) is 0 Å². The number of aryl methyl sites for hydroxylation is 1. The van der Waals surface area contributed by atoms with Crippen molar-refractivity contribution in [3.05, 3.63) is 18.2 Å². The van der Waals surface area contributed by atoms with Crippen LogP contribution in [0.5, 0.6) is 0 Å². The molecule has 1 N–H and O–H groups in total. The third-order valence-electron chi connectivity index (χ3n) is 3.71. The largest absolute Gasteiger partial charge is 0.382 e. The molecule has 4 heteroatoms. The van der Waals surface area contributed by atoms with Gasteiger partial charge in [0.05, 0.1) is 0 Å². The summed E-state index contributed by atoms with van der Waals surface area (Å²) in [6.45, 7) is 5.51. The van der Waals surface area contributed by atoms with Gasteiger partial charge in [0.2, 0.25) is 0 Å². The van der Waals surface area contributed by atoms with Crippen LogP contribution >= 0.6 is 0 Å². The lowest BCUT2D eigenvalue weighted by molar-refractivity contribution is -0.122. The molecule has 1 unspecified atom stereocenters.